The van der Waals surface area contributed by atoms with E-state index in [1.807, 2.05) is 30.3 Å². The smallest absolute Gasteiger partial charge is 0.337 e. The van der Waals surface area contributed by atoms with Crippen LogP contribution in [0.3, 0.4) is 0 Å². The van der Waals surface area contributed by atoms with Crippen LogP contribution in [0.4, 0.5) is 0 Å². The molecule has 0 amide bonds. The number of hydrogen-bond donors (Lipinski definition) is 1. The number of fused-ring (bicyclic) bond motifs is 1. The van der Waals surface area contributed by atoms with E-state index in [9.17, 15) is 9.90 Å². The van der Waals surface area contributed by atoms with Crippen LogP contribution < -0.4 is 0 Å². The maximum Gasteiger partial charge on any atom is 0.337 e. The molecule has 0 saturated carbocycles. The van der Waals surface area contributed by atoms with Crippen molar-refractivity contribution < 1.29 is 24.1 Å². The lowest BCUT2D eigenvalue weighted by molar-refractivity contribution is -0.173. The highest BCUT2D eigenvalue weighted by Gasteiger charge is 2.48. The molecule has 90 valence electrons. The van der Waals surface area contributed by atoms with Gasteiger partial charge in [0.05, 0.1) is 0 Å². The first-order chi connectivity index (χ1) is 8.25. The van der Waals surface area contributed by atoms with Gasteiger partial charge < -0.3 is 19.3 Å². The Labute approximate surface area is 97.9 Å². The summed E-state index contributed by atoms with van der Waals surface area (Å²) in [5, 5.41) is 9.63. The normalized spacial score (nSPS) is 36.4. The van der Waals surface area contributed by atoms with Gasteiger partial charge in [-0.3, -0.25) is 0 Å². The number of carbonyl (C=O) groups excluding carboxylic acids is 1. The summed E-state index contributed by atoms with van der Waals surface area (Å²) in [6.45, 7) is 0.129. The minimum Gasteiger partial charge on any atom is -0.461 e. The molecule has 2 heterocycles. The number of cyclic esters (lactones) is 1. The molecule has 4 atom stereocenters. The zero-order valence-corrected chi connectivity index (χ0v) is 8.98. The van der Waals surface area contributed by atoms with E-state index in [4.69, 9.17) is 14.2 Å². The molecule has 0 spiro atoms. The van der Waals surface area contributed by atoms with Crippen LogP contribution in [0, 0.1) is 0 Å². The van der Waals surface area contributed by atoms with E-state index in [0.29, 0.717) is 0 Å². The number of aliphatic hydroxyl groups is 1. The fourth-order valence-electron chi connectivity index (χ4n) is 2.06. The van der Waals surface area contributed by atoms with Gasteiger partial charge in [-0.15, -0.1) is 0 Å². The van der Waals surface area contributed by atoms with Crippen molar-refractivity contribution in [1.82, 2.24) is 0 Å². The molecule has 17 heavy (non-hydrogen) atoms. The lowest BCUT2D eigenvalue weighted by Gasteiger charge is -2.25. The van der Waals surface area contributed by atoms with Gasteiger partial charge in [0.25, 0.3) is 0 Å². The van der Waals surface area contributed by atoms with Crippen molar-refractivity contribution in [2.24, 2.45) is 0 Å². The maximum atomic E-state index is 11.2. The Morgan fingerprint density at radius 1 is 1.18 bits per heavy atom. The summed E-state index contributed by atoms with van der Waals surface area (Å²) < 4.78 is 16.0. The van der Waals surface area contributed by atoms with E-state index < -0.39 is 30.6 Å². The van der Waals surface area contributed by atoms with E-state index in [2.05, 4.69) is 0 Å². The highest BCUT2D eigenvalue weighted by Crippen LogP contribution is 2.34. The molecule has 2 aliphatic heterocycles. The Morgan fingerprint density at radius 2 is 1.94 bits per heavy atom. The number of hydrogen-bond acceptors (Lipinski definition) is 5. The number of rotatable bonds is 1. The lowest BCUT2D eigenvalue weighted by atomic mass is 10.1. The average Bonchev–Trinajstić information content (AvgIpc) is 2.80. The van der Waals surface area contributed by atoms with Crippen molar-refractivity contribution >= 4 is 5.97 Å². The van der Waals surface area contributed by atoms with Crippen molar-refractivity contribution in [3.8, 4) is 0 Å². The van der Waals surface area contributed by atoms with E-state index in [1.54, 1.807) is 0 Å². The van der Waals surface area contributed by atoms with E-state index in [1.165, 1.54) is 0 Å². The molecule has 0 aliphatic carbocycles. The van der Waals surface area contributed by atoms with Crippen LogP contribution in [-0.2, 0) is 19.0 Å². The minimum atomic E-state index is -1.26. The van der Waals surface area contributed by atoms with E-state index in [-0.39, 0.29) is 6.61 Å². The van der Waals surface area contributed by atoms with Gasteiger partial charge in [0, 0.05) is 5.56 Å². The zero-order valence-electron chi connectivity index (χ0n) is 8.98. The summed E-state index contributed by atoms with van der Waals surface area (Å²) in [6, 6.07) is 9.39. The largest absolute Gasteiger partial charge is 0.461 e. The van der Waals surface area contributed by atoms with E-state index in [0.717, 1.165) is 5.56 Å². The minimum absolute atomic E-state index is 0.129. The summed E-state index contributed by atoms with van der Waals surface area (Å²) in [5.41, 5.74) is 0.863. The highest BCUT2D eigenvalue weighted by molar-refractivity contribution is 5.76. The summed E-state index contributed by atoms with van der Waals surface area (Å²) >= 11 is 0. The van der Waals surface area contributed by atoms with Crippen LogP contribution in [0.1, 0.15) is 11.9 Å². The Kier molecular flexibility index (Phi) is 2.58. The first-order valence-electron chi connectivity index (χ1n) is 5.46. The van der Waals surface area contributed by atoms with Gasteiger partial charge in [0.1, 0.15) is 18.8 Å². The quantitative estimate of drug-likeness (QED) is 0.714. The van der Waals surface area contributed by atoms with Crippen LogP contribution in [0.15, 0.2) is 30.3 Å². The van der Waals surface area contributed by atoms with Crippen molar-refractivity contribution in [2.75, 3.05) is 6.61 Å². The van der Waals surface area contributed by atoms with Crippen molar-refractivity contribution in [2.45, 2.75) is 24.6 Å². The summed E-state index contributed by atoms with van der Waals surface area (Å²) in [6.07, 6.45) is -2.84. The molecule has 5 nitrogen and oxygen atoms in total. The Morgan fingerprint density at radius 3 is 2.71 bits per heavy atom. The predicted octanol–water partition coefficient (Wildman–Crippen LogP) is 0.387. The topological polar surface area (TPSA) is 65.0 Å². The van der Waals surface area contributed by atoms with Crippen LogP contribution >= 0.6 is 0 Å². The molecule has 1 aromatic carbocycles. The Hall–Kier alpha value is -1.43. The molecule has 0 aromatic heterocycles. The third-order valence-corrected chi connectivity index (χ3v) is 2.96. The van der Waals surface area contributed by atoms with Crippen LogP contribution in [0.25, 0.3) is 0 Å². The fraction of sp³-hybridized carbons (Fsp3) is 0.417. The molecule has 1 N–H and O–H groups in total. The molecule has 2 saturated heterocycles. The molecule has 2 fully saturated rings. The lowest BCUT2D eigenvalue weighted by Crippen LogP contribution is -2.48. The molecule has 2 aliphatic rings. The average molecular weight is 236 g/mol. The van der Waals surface area contributed by atoms with Crippen LogP contribution in [-0.4, -0.2) is 36.0 Å². The van der Waals surface area contributed by atoms with Crippen LogP contribution in [0.2, 0.25) is 0 Å². The van der Waals surface area contributed by atoms with Crippen molar-refractivity contribution in [1.29, 1.82) is 0 Å². The summed E-state index contributed by atoms with van der Waals surface area (Å²) in [4.78, 5) is 11.2. The van der Waals surface area contributed by atoms with E-state index >= 15 is 0 Å². The summed E-state index contributed by atoms with van der Waals surface area (Å²) in [5.74, 6) is -0.649. The van der Waals surface area contributed by atoms with Crippen molar-refractivity contribution in [3.63, 3.8) is 0 Å². The second-order valence-corrected chi connectivity index (χ2v) is 4.09. The van der Waals surface area contributed by atoms with Gasteiger partial charge in [-0.05, 0) is 0 Å². The van der Waals surface area contributed by atoms with Gasteiger partial charge in [0.2, 0.25) is 0 Å². The molecular weight excluding hydrogens is 224 g/mol. The molecule has 3 rings (SSSR count). The molecule has 5 heteroatoms. The number of benzene rings is 1. The molecular formula is C12H12O5. The molecule has 0 unspecified atom stereocenters. The maximum absolute atomic E-state index is 11.2. The number of esters is 1. The third kappa shape index (κ3) is 1.82. The highest BCUT2D eigenvalue weighted by atomic mass is 16.7. The monoisotopic (exact) mass is 236 g/mol. The fourth-order valence-corrected chi connectivity index (χ4v) is 2.06. The number of aliphatic hydroxyl groups excluding tert-OH is 1. The Bertz CT molecular complexity index is 418. The molecule has 0 bridgehead atoms. The second-order valence-electron chi connectivity index (χ2n) is 4.09. The van der Waals surface area contributed by atoms with Gasteiger partial charge >= 0.3 is 5.97 Å². The SMILES string of the molecule is O=C1OC[C@H]2O[C@@H](c3ccccc3)O[C@H]2[C@H]1O. The second kappa shape index (κ2) is 4.10. The molecule has 0 radical (unpaired) electrons. The van der Waals surface area contributed by atoms with Gasteiger partial charge in [-0.2, -0.15) is 0 Å². The van der Waals surface area contributed by atoms with Crippen LogP contribution in [0.5, 0.6) is 0 Å². The molecule has 1 aromatic rings. The number of ether oxygens (including phenoxy) is 3. The predicted molar refractivity (Wildman–Crippen MR) is 55.9 cm³/mol. The number of carbonyl (C=O) groups is 1. The van der Waals surface area contributed by atoms with Gasteiger partial charge in [-0.1, -0.05) is 30.3 Å². The Balaban J connectivity index is 1.79. The summed E-state index contributed by atoms with van der Waals surface area (Å²) in [7, 11) is 0. The third-order valence-electron chi connectivity index (χ3n) is 2.96. The van der Waals surface area contributed by atoms with Gasteiger partial charge in [0.15, 0.2) is 12.4 Å². The zero-order chi connectivity index (χ0) is 11.8. The first-order valence-corrected chi connectivity index (χ1v) is 5.46. The van der Waals surface area contributed by atoms with Gasteiger partial charge in [-0.25, -0.2) is 4.79 Å². The standard InChI is InChI=1S/C12H12O5/c13-9-10-8(6-15-11(9)14)16-12(17-10)7-4-2-1-3-5-7/h1-5,8-10,12-13H,6H2/t8-,9-,10-,12-/m1/s1. The first kappa shape index (κ1) is 10.7. The van der Waals surface area contributed by atoms with Crippen molar-refractivity contribution in [3.05, 3.63) is 35.9 Å².